The first-order valence-corrected chi connectivity index (χ1v) is 6.70. The summed E-state index contributed by atoms with van der Waals surface area (Å²) >= 11 is 0. The maximum atomic E-state index is 5.93. The normalized spacial score (nSPS) is 18.5. The van der Waals surface area contributed by atoms with Crippen molar-refractivity contribution in [3.63, 3.8) is 0 Å². The summed E-state index contributed by atoms with van der Waals surface area (Å²) in [6.07, 6.45) is 3.74. The Hall–Kier alpha value is -0.770. The third-order valence-electron chi connectivity index (χ3n) is 3.27. The molecular weight excluding hydrogens is 214 g/mol. The lowest BCUT2D eigenvalue weighted by molar-refractivity contribution is 0.0266. The van der Waals surface area contributed by atoms with E-state index in [1.165, 1.54) is 12.8 Å². The van der Waals surface area contributed by atoms with Crippen molar-refractivity contribution < 1.29 is 4.74 Å². The van der Waals surface area contributed by atoms with Crippen molar-refractivity contribution in [3.05, 3.63) is 0 Å². The number of nitrogens with zero attached hydrogens (tertiary/aromatic N) is 2. The van der Waals surface area contributed by atoms with Crippen LogP contribution in [0.3, 0.4) is 0 Å². The average molecular weight is 241 g/mol. The highest BCUT2D eigenvalue weighted by Gasteiger charge is 2.27. The van der Waals surface area contributed by atoms with Crippen LogP contribution < -0.4 is 5.73 Å². The van der Waals surface area contributed by atoms with Gasteiger partial charge in [-0.1, -0.05) is 13.8 Å². The van der Waals surface area contributed by atoms with Crippen LogP contribution in [0.15, 0.2) is 4.99 Å². The van der Waals surface area contributed by atoms with E-state index in [9.17, 15) is 0 Å². The standard InChI is InChI=1S/C13H27N3O/c1-5-17-12(10(2)3)8-9-15-13(14)16(4)11-6-7-11/h10-12H,5-9H2,1-4H3,(H2,14,15). The Labute approximate surface area is 105 Å². The van der Waals surface area contributed by atoms with Gasteiger partial charge in [0.1, 0.15) is 0 Å². The SMILES string of the molecule is CCOC(CCN=C(N)N(C)C1CC1)C(C)C. The highest BCUT2D eigenvalue weighted by Crippen LogP contribution is 2.24. The molecule has 0 aromatic carbocycles. The van der Waals surface area contributed by atoms with Crippen molar-refractivity contribution >= 4 is 5.96 Å². The molecule has 1 saturated carbocycles. The van der Waals surface area contributed by atoms with E-state index in [1.807, 2.05) is 14.0 Å². The molecule has 0 saturated heterocycles. The summed E-state index contributed by atoms with van der Waals surface area (Å²) in [5.41, 5.74) is 5.93. The Morgan fingerprint density at radius 2 is 2.12 bits per heavy atom. The molecule has 100 valence electrons. The molecule has 17 heavy (non-hydrogen) atoms. The Balaban J connectivity index is 2.30. The van der Waals surface area contributed by atoms with Crippen LogP contribution in [0.1, 0.15) is 40.0 Å². The highest BCUT2D eigenvalue weighted by molar-refractivity contribution is 5.78. The van der Waals surface area contributed by atoms with Gasteiger partial charge in [0.05, 0.1) is 6.10 Å². The lowest BCUT2D eigenvalue weighted by atomic mass is 10.0. The Morgan fingerprint density at radius 1 is 1.47 bits per heavy atom. The summed E-state index contributed by atoms with van der Waals surface area (Å²) < 4.78 is 5.68. The first-order chi connectivity index (χ1) is 8.06. The fourth-order valence-electron chi connectivity index (χ4n) is 1.89. The smallest absolute Gasteiger partial charge is 0.191 e. The van der Waals surface area contributed by atoms with Gasteiger partial charge in [-0.05, 0) is 32.1 Å². The molecule has 4 heteroatoms. The van der Waals surface area contributed by atoms with Gasteiger partial charge in [0, 0.05) is 26.2 Å². The Bertz CT molecular complexity index is 249. The maximum Gasteiger partial charge on any atom is 0.191 e. The second kappa shape index (κ2) is 6.84. The van der Waals surface area contributed by atoms with Gasteiger partial charge in [-0.2, -0.15) is 0 Å². The summed E-state index contributed by atoms with van der Waals surface area (Å²) in [4.78, 5) is 6.52. The number of rotatable bonds is 7. The zero-order chi connectivity index (χ0) is 12.8. The van der Waals surface area contributed by atoms with Gasteiger partial charge in [0.15, 0.2) is 5.96 Å². The number of ether oxygens (including phenoxy) is 1. The number of aliphatic imine (C=N–C) groups is 1. The van der Waals surface area contributed by atoms with Crippen LogP contribution in [-0.2, 0) is 4.74 Å². The predicted octanol–water partition coefficient (Wildman–Crippen LogP) is 1.85. The second-order valence-electron chi connectivity index (χ2n) is 5.11. The predicted molar refractivity (Wildman–Crippen MR) is 72.1 cm³/mol. The monoisotopic (exact) mass is 241 g/mol. The minimum Gasteiger partial charge on any atom is -0.378 e. The first kappa shape index (κ1) is 14.3. The molecule has 1 aliphatic carbocycles. The van der Waals surface area contributed by atoms with Crippen molar-refractivity contribution in [2.24, 2.45) is 16.6 Å². The van der Waals surface area contributed by atoms with E-state index in [4.69, 9.17) is 10.5 Å². The molecule has 0 bridgehead atoms. The molecule has 1 aliphatic rings. The van der Waals surface area contributed by atoms with Crippen molar-refractivity contribution in [1.29, 1.82) is 0 Å². The summed E-state index contributed by atoms with van der Waals surface area (Å²) in [5, 5.41) is 0. The number of hydrogen-bond donors (Lipinski definition) is 1. The summed E-state index contributed by atoms with van der Waals surface area (Å²) in [7, 11) is 2.03. The zero-order valence-electron chi connectivity index (χ0n) is 11.6. The van der Waals surface area contributed by atoms with E-state index >= 15 is 0 Å². The molecule has 0 amide bonds. The third-order valence-corrected chi connectivity index (χ3v) is 3.27. The molecular formula is C13H27N3O. The van der Waals surface area contributed by atoms with Crippen LogP contribution >= 0.6 is 0 Å². The lowest BCUT2D eigenvalue weighted by Crippen LogP contribution is -2.36. The van der Waals surface area contributed by atoms with Crippen LogP contribution in [0.4, 0.5) is 0 Å². The van der Waals surface area contributed by atoms with E-state index in [1.54, 1.807) is 0 Å². The van der Waals surface area contributed by atoms with Crippen molar-refractivity contribution in [3.8, 4) is 0 Å². The second-order valence-corrected chi connectivity index (χ2v) is 5.11. The average Bonchev–Trinajstić information content (AvgIpc) is 3.10. The van der Waals surface area contributed by atoms with Crippen LogP contribution in [0.5, 0.6) is 0 Å². The van der Waals surface area contributed by atoms with Gasteiger partial charge >= 0.3 is 0 Å². The quantitative estimate of drug-likeness (QED) is 0.546. The molecule has 1 fully saturated rings. The van der Waals surface area contributed by atoms with Crippen LogP contribution in [-0.4, -0.2) is 43.2 Å². The molecule has 0 aromatic heterocycles. The maximum absolute atomic E-state index is 5.93. The lowest BCUT2D eigenvalue weighted by Gasteiger charge is -2.21. The van der Waals surface area contributed by atoms with Gasteiger partial charge in [-0.15, -0.1) is 0 Å². The largest absolute Gasteiger partial charge is 0.378 e. The Kier molecular flexibility index (Phi) is 5.75. The van der Waals surface area contributed by atoms with Crippen LogP contribution in [0.25, 0.3) is 0 Å². The summed E-state index contributed by atoms with van der Waals surface area (Å²) in [5.74, 6) is 1.21. The van der Waals surface area contributed by atoms with E-state index in [2.05, 4.69) is 23.7 Å². The number of hydrogen-bond acceptors (Lipinski definition) is 2. The molecule has 1 rings (SSSR count). The fraction of sp³-hybridized carbons (Fsp3) is 0.923. The molecule has 1 atom stereocenters. The van der Waals surface area contributed by atoms with Gasteiger partial charge in [0.2, 0.25) is 0 Å². The van der Waals surface area contributed by atoms with Gasteiger partial charge < -0.3 is 15.4 Å². The van der Waals surface area contributed by atoms with E-state index in [0.29, 0.717) is 24.0 Å². The Morgan fingerprint density at radius 3 is 2.59 bits per heavy atom. The van der Waals surface area contributed by atoms with Crippen molar-refractivity contribution in [2.75, 3.05) is 20.2 Å². The fourth-order valence-corrected chi connectivity index (χ4v) is 1.89. The van der Waals surface area contributed by atoms with Gasteiger partial charge in [-0.3, -0.25) is 4.99 Å². The zero-order valence-corrected chi connectivity index (χ0v) is 11.6. The topological polar surface area (TPSA) is 50.9 Å². The molecule has 0 heterocycles. The van der Waals surface area contributed by atoms with E-state index < -0.39 is 0 Å². The first-order valence-electron chi connectivity index (χ1n) is 6.70. The van der Waals surface area contributed by atoms with Crippen molar-refractivity contribution in [1.82, 2.24) is 4.90 Å². The van der Waals surface area contributed by atoms with Crippen LogP contribution in [0, 0.1) is 5.92 Å². The molecule has 0 spiro atoms. The van der Waals surface area contributed by atoms with Gasteiger partial charge in [0.25, 0.3) is 0 Å². The van der Waals surface area contributed by atoms with Crippen molar-refractivity contribution in [2.45, 2.75) is 52.2 Å². The van der Waals surface area contributed by atoms with E-state index in [-0.39, 0.29) is 0 Å². The number of nitrogens with two attached hydrogens (primary N) is 1. The molecule has 1 unspecified atom stereocenters. The molecule has 2 N–H and O–H groups in total. The minimum absolute atomic E-state index is 0.294. The third kappa shape index (κ3) is 4.94. The molecule has 0 aliphatic heterocycles. The van der Waals surface area contributed by atoms with Crippen LogP contribution in [0.2, 0.25) is 0 Å². The summed E-state index contributed by atoms with van der Waals surface area (Å²) in [6, 6.07) is 0.631. The van der Waals surface area contributed by atoms with E-state index in [0.717, 1.165) is 19.6 Å². The summed E-state index contributed by atoms with van der Waals surface area (Å²) in [6.45, 7) is 7.93. The number of guanidine groups is 1. The minimum atomic E-state index is 0.294. The molecule has 4 nitrogen and oxygen atoms in total. The highest BCUT2D eigenvalue weighted by atomic mass is 16.5. The molecule has 0 radical (unpaired) electrons. The van der Waals surface area contributed by atoms with Gasteiger partial charge in [-0.25, -0.2) is 0 Å². The molecule has 0 aromatic rings.